The average molecular weight is 217 g/mol. The summed E-state index contributed by atoms with van der Waals surface area (Å²) >= 11 is 0. The Morgan fingerprint density at radius 3 is 2.33 bits per heavy atom. The summed E-state index contributed by atoms with van der Waals surface area (Å²) in [4.78, 5) is 29.6. The number of hydrogen-bond acceptors (Lipinski definition) is 4. The van der Waals surface area contributed by atoms with Crippen LogP contribution in [0.3, 0.4) is 0 Å². The molecule has 0 aliphatic heterocycles. The van der Waals surface area contributed by atoms with E-state index in [1.807, 2.05) is 6.92 Å². The molecule has 0 spiro atoms. The minimum atomic E-state index is -0.833. The Kier molecular flexibility index (Phi) is 5.51. The zero-order valence-electron chi connectivity index (χ0n) is 8.80. The monoisotopic (exact) mass is 217 g/mol. The summed E-state index contributed by atoms with van der Waals surface area (Å²) < 4.78 is 0. The molecule has 0 saturated heterocycles. The molecule has 0 unspecified atom stereocenters. The average Bonchev–Trinajstić information content (AvgIpc) is 2.27. The molecule has 1 aliphatic rings. The smallest absolute Gasteiger partial charge is 0.300 e. The van der Waals surface area contributed by atoms with Crippen LogP contribution < -0.4 is 0 Å². The number of carboxylic acid groups (broad SMARTS) is 1. The molecule has 1 N–H and O–H groups in total. The number of nitrogens with zero attached hydrogens (tertiary/aromatic N) is 1. The Morgan fingerprint density at radius 2 is 2.07 bits per heavy atom. The Balaban J connectivity index is 0.000000423. The fourth-order valence-corrected chi connectivity index (χ4v) is 1.54. The maximum Gasteiger partial charge on any atom is 0.300 e. The molecule has 0 amide bonds. The van der Waals surface area contributed by atoms with Crippen LogP contribution in [-0.2, 0) is 9.59 Å². The number of nitro groups is 1. The second-order valence-electron chi connectivity index (χ2n) is 3.72. The number of carbonyl (C=O) groups excluding carboxylic acids is 1. The van der Waals surface area contributed by atoms with Crippen LogP contribution in [0, 0.1) is 22.0 Å². The van der Waals surface area contributed by atoms with Crippen molar-refractivity contribution in [1.29, 1.82) is 0 Å². The normalized spacial score (nSPS) is 24.3. The van der Waals surface area contributed by atoms with Gasteiger partial charge in [-0.25, -0.2) is 0 Å². The SMILES string of the molecule is CC(=O)O.C[C@@H]1CC(=O)C[C@H]1C[N+](=O)[O-]. The summed E-state index contributed by atoms with van der Waals surface area (Å²) in [7, 11) is 0. The topological polar surface area (TPSA) is 97.5 Å². The summed E-state index contributed by atoms with van der Waals surface area (Å²) in [5.41, 5.74) is 0. The van der Waals surface area contributed by atoms with Gasteiger partial charge < -0.3 is 5.11 Å². The van der Waals surface area contributed by atoms with Crippen LogP contribution in [-0.4, -0.2) is 28.3 Å². The lowest BCUT2D eigenvalue weighted by Crippen LogP contribution is -2.16. The highest BCUT2D eigenvalue weighted by Crippen LogP contribution is 2.28. The number of hydrogen-bond donors (Lipinski definition) is 1. The third kappa shape index (κ3) is 6.59. The lowest BCUT2D eigenvalue weighted by atomic mass is 9.99. The molecule has 0 aromatic heterocycles. The number of rotatable bonds is 2. The van der Waals surface area contributed by atoms with Gasteiger partial charge in [0, 0.05) is 30.6 Å². The summed E-state index contributed by atoms with van der Waals surface area (Å²) in [5.74, 6) is -0.477. The molecule has 0 radical (unpaired) electrons. The lowest BCUT2D eigenvalue weighted by molar-refractivity contribution is -0.489. The van der Waals surface area contributed by atoms with Crippen molar-refractivity contribution in [2.45, 2.75) is 26.7 Å². The number of Topliss-reactive ketones (excluding diaryl/α,β-unsaturated/α-hetero) is 1. The molecule has 1 aliphatic carbocycles. The molecule has 1 fully saturated rings. The second kappa shape index (κ2) is 6.10. The summed E-state index contributed by atoms with van der Waals surface area (Å²) in [6.07, 6.45) is 0.931. The van der Waals surface area contributed by atoms with E-state index in [0.29, 0.717) is 12.8 Å². The third-order valence-corrected chi connectivity index (χ3v) is 2.23. The van der Waals surface area contributed by atoms with Crippen LogP contribution in [0.5, 0.6) is 0 Å². The summed E-state index contributed by atoms with van der Waals surface area (Å²) in [6.45, 7) is 2.94. The van der Waals surface area contributed by atoms with Crippen molar-refractivity contribution in [1.82, 2.24) is 0 Å². The summed E-state index contributed by atoms with van der Waals surface area (Å²) in [6, 6.07) is 0. The van der Waals surface area contributed by atoms with Crippen molar-refractivity contribution in [3.05, 3.63) is 10.1 Å². The fraction of sp³-hybridized carbons (Fsp3) is 0.778. The molecule has 1 rings (SSSR count). The molecule has 15 heavy (non-hydrogen) atoms. The van der Waals surface area contributed by atoms with Crippen molar-refractivity contribution >= 4 is 11.8 Å². The molecule has 0 aromatic rings. The molecule has 86 valence electrons. The number of aliphatic carboxylic acids is 1. The molecular weight excluding hydrogens is 202 g/mol. The van der Waals surface area contributed by atoms with Gasteiger partial charge in [0.05, 0.1) is 0 Å². The highest BCUT2D eigenvalue weighted by Gasteiger charge is 2.32. The minimum Gasteiger partial charge on any atom is -0.481 e. The van der Waals surface area contributed by atoms with Crippen LogP contribution >= 0.6 is 0 Å². The number of ketones is 1. The van der Waals surface area contributed by atoms with Gasteiger partial charge in [0.1, 0.15) is 5.78 Å². The van der Waals surface area contributed by atoms with Crippen molar-refractivity contribution in [3.63, 3.8) is 0 Å². The Labute approximate surface area is 87.4 Å². The molecule has 0 aromatic carbocycles. The molecule has 6 nitrogen and oxygen atoms in total. The van der Waals surface area contributed by atoms with Gasteiger partial charge in [-0.3, -0.25) is 19.7 Å². The first kappa shape index (κ1) is 13.5. The molecule has 6 heteroatoms. The van der Waals surface area contributed by atoms with Crippen LogP contribution in [0.2, 0.25) is 0 Å². The zero-order chi connectivity index (χ0) is 12.0. The van der Waals surface area contributed by atoms with Gasteiger partial charge in [0.25, 0.3) is 5.97 Å². The van der Waals surface area contributed by atoms with E-state index >= 15 is 0 Å². The maximum absolute atomic E-state index is 10.8. The Morgan fingerprint density at radius 1 is 1.60 bits per heavy atom. The van der Waals surface area contributed by atoms with Crippen LogP contribution in [0.4, 0.5) is 0 Å². The van der Waals surface area contributed by atoms with Crippen LogP contribution in [0.15, 0.2) is 0 Å². The molecule has 0 heterocycles. The van der Waals surface area contributed by atoms with E-state index in [1.54, 1.807) is 0 Å². The van der Waals surface area contributed by atoms with Crippen LogP contribution in [0.1, 0.15) is 26.7 Å². The van der Waals surface area contributed by atoms with E-state index in [-0.39, 0.29) is 29.1 Å². The van der Waals surface area contributed by atoms with E-state index in [9.17, 15) is 14.9 Å². The number of carbonyl (C=O) groups is 2. The zero-order valence-corrected chi connectivity index (χ0v) is 8.80. The van der Waals surface area contributed by atoms with E-state index in [0.717, 1.165) is 6.92 Å². The second-order valence-corrected chi connectivity index (χ2v) is 3.72. The van der Waals surface area contributed by atoms with Crippen molar-refractivity contribution in [3.8, 4) is 0 Å². The van der Waals surface area contributed by atoms with Gasteiger partial charge >= 0.3 is 0 Å². The van der Waals surface area contributed by atoms with Crippen molar-refractivity contribution < 1.29 is 19.6 Å². The first-order valence-electron chi connectivity index (χ1n) is 4.66. The van der Waals surface area contributed by atoms with E-state index < -0.39 is 5.97 Å². The third-order valence-electron chi connectivity index (χ3n) is 2.23. The fourth-order valence-electron chi connectivity index (χ4n) is 1.54. The van der Waals surface area contributed by atoms with Gasteiger partial charge in [-0.1, -0.05) is 6.92 Å². The van der Waals surface area contributed by atoms with Gasteiger partial charge in [-0.05, 0) is 5.92 Å². The van der Waals surface area contributed by atoms with Gasteiger partial charge in [-0.15, -0.1) is 0 Å². The van der Waals surface area contributed by atoms with Crippen molar-refractivity contribution in [2.75, 3.05) is 6.54 Å². The molecular formula is C9H15NO5. The van der Waals surface area contributed by atoms with Gasteiger partial charge in [0.2, 0.25) is 6.54 Å². The first-order valence-corrected chi connectivity index (χ1v) is 4.66. The largest absolute Gasteiger partial charge is 0.481 e. The van der Waals surface area contributed by atoms with Crippen molar-refractivity contribution in [2.24, 2.45) is 11.8 Å². The maximum atomic E-state index is 10.8. The highest BCUT2D eigenvalue weighted by molar-refractivity contribution is 5.81. The predicted molar refractivity (Wildman–Crippen MR) is 52.1 cm³/mol. The van der Waals surface area contributed by atoms with Gasteiger partial charge in [-0.2, -0.15) is 0 Å². The highest BCUT2D eigenvalue weighted by atomic mass is 16.6. The minimum absolute atomic E-state index is 0.0162. The molecule has 2 atom stereocenters. The standard InChI is InChI=1S/C7H11NO3.C2H4O2/c1-5-2-7(9)3-6(5)4-8(10)11;1-2(3)4/h5-6H,2-4H2,1H3;1H3,(H,3,4)/t5-,6+;/m1./s1. The Bertz CT molecular complexity index is 259. The Hall–Kier alpha value is -1.46. The lowest BCUT2D eigenvalue weighted by Gasteiger charge is -2.07. The van der Waals surface area contributed by atoms with Gasteiger partial charge in [0.15, 0.2) is 0 Å². The van der Waals surface area contributed by atoms with E-state index in [1.165, 1.54) is 0 Å². The summed E-state index contributed by atoms with van der Waals surface area (Å²) in [5, 5.41) is 17.5. The van der Waals surface area contributed by atoms with Crippen LogP contribution in [0.25, 0.3) is 0 Å². The molecule has 0 bridgehead atoms. The van der Waals surface area contributed by atoms with E-state index in [4.69, 9.17) is 9.90 Å². The predicted octanol–water partition coefficient (Wildman–Crippen LogP) is 0.969. The number of carboxylic acids is 1. The molecule has 1 saturated carbocycles. The van der Waals surface area contributed by atoms with E-state index in [2.05, 4.69) is 0 Å². The quantitative estimate of drug-likeness (QED) is 0.549. The first-order chi connectivity index (χ1) is 6.82.